The van der Waals surface area contributed by atoms with Crippen LogP contribution >= 0.6 is 11.6 Å². The maximum absolute atomic E-state index is 12.5. The van der Waals surface area contributed by atoms with Gasteiger partial charge in [0.25, 0.3) is 0 Å². The predicted molar refractivity (Wildman–Crippen MR) is 108 cm³/mol. The van der Waals surface area contributed by atoms with Crippen molar-refractivity contribution < 1.29 is 4.79 Å². The van der Waals surface area contributed by atoms with E-state index in [2.05, 4.69) is 31.4 Å². The van der Waals surface area contributed by atoms with Crippen LogP contribution in [0.15, 0.2) is 36.5 Å². The molecule has 2 aromatic rings. The summed E-state index contributed by atoms with van der Waals surface area (Å²) in [6.45, 7) is 4.93. The third kappa shape index (κ3) is 4.08. The van der Waals surface area contributed by atoms with Gasteiger partial charge in [0, 0.05) is 45.3 Å². The number of hydrogen-bond donors (Lipinski definition) is 1. The molecule has 2 saturated heterocycles. The summed E-state index contributed by atoms with van der Waals surface area (Å²) < 4.78 is 0. The number of amides is 2. The van der Waals surface area contributed by atoms with Crippen molar-refractivity contribution in [3.8, 4) is 0 Å². The van der Waals surface area contributed by atoms with Crippen molar-refractivity contribution >= 4 is 34.8 Å². The summed E-state index contributed by atoms with van der Waals surface area (Å²) in [6, 6.07) is 9.26. The number of hydrogen-bond acceptors (Lipinski definition) is 5. The number of halogens is 1. The molecule has 27 heavy (non-hydrogen) atoms. The Bertz CT molecular complexity index is 802. The minimum Gasteiger partial charge on any atom is -0.367 e. The fourth-order valence-electron chi connectivity index (χ4n) is 3.54. The average molecular weight is 387 g/mol. The van der Waals surface area contributed by atoms with E-state index in [-0.39, 0.29) is 6.03 Å². The molecule has 2 aliphatic rings. The molecule has 0 atom stereocenters. The number of anilines is 3. The summed E-state index contributed by atoms with van der Waals surface area (Å²) in [5.74, 6) is 0.948. The van der Waals surface area contributed by atoms with E-state index in [1.165, 1.54) is 12.8 Å². The van der Waals surface area contributed by atoms with Gasteiger partial charge in [0.2, 0.25) is 0 Å². The Labute approximate surface area is 163 Å². The Hall–Kier alpha value is -2.54. The molecule has 4 rings (SSSR count). The molecule has 7 nitrogen and oxygen atoms in total. The van der Waals surface area contributed by atoms with E-state index in [9.17, 15) is 4.79 Å². The summed E-state index contributed by atoms with van der Waals surface area (Å²) >= 11 is 6.12. The first kappa shape index (κ1) is 17.9. The second kappa shape index (κ2) is 8.00. The highest BCUT2D eigenvalue weighted by molar-refractivity contribution is 6.33. The number of nitrogens with zero attached hydrogens (tertiary/aromatic N) is 5. The quantitative estimate of drug-likeness (QED) is 0.878. The zero-order chi connectivity index (χ0) is 18.6. The number of rotatable bonds is 3. The molecular formula is C19H23ClN6O. The van der Waals surface area contributed by atoms with Gasteiger partial charge in [-0.2, -0.15) is 5.10 Å². The van der Waals surface area contributed by atoms with Crippen molar-refractivity contribution in [2.75, 3.05) is 54.4 Å². The Morgan fingerprint density at radius 3 is 2.48 bits per heavy atom. The van der Waals surface area contributed by atoms with Crippen LogP contribution in [0, 0.1) is 0 Å². The Morgan fingerprint density at radius 2 is 1.74 bits per heavy atom. The summed E-state index contributed by atoms with van der Waals surface area (Å²) in [7, 11) is 0. The highest BCUT2D eigenvalue weighted by Gasteiger charge is 2.23. The number of urea groups is 1. The SMILES string of the molecule is O=C(Nc1ccccc1Cl)N1CCN(c2cnnc(N3CCCC3)c2)CC1. The molecule has 0 radical (unpaired) electrons. The molecule has 2 aliphatic heterocycles. The van der Waals surface area contributed by atoms with Gasteiger partial charge in [-0.1, -0.05) is 23.7 Å². The highest BCUT2D eigenvalue weighted by atomic mass is 35.5. The normalized spacial score (nSPS) is 17.3. The number of benzene rings is 1. The molecule has 0 unspecified atom stereocenters. The first-order valence-corrected chi connectivity index (χ1v) is 9.71. The number of piperazine rings is 1. The minimum atomic E-state index is -0.117. The molecule has 0 bridgehead atoms. The van der Waals surface area contributed by atoms with Crippen LogP contribution in [0.1, 0.15) is 12.8 Å². The van der Waals surface area contributed by atoms with E-state index in [0.29, 0.717) is 23.8 Å². The van der Waals surface area contributed by atoms with Crippen LogP contribution in [0.2, 0.25) is 5.02 Å². The van der Waals surface area contributed by atoms with E-state index in [1.807, 2.05) is 17.0 Å². The van der Waals surface area contributed by atoms with E-state index in [4.69, 9.17) is 11.6 Å². The van der Waals surface area contributed by atoms with Crippen molar-refractivity contribution in [1.82, 2.24) is 15.1 Å². The highest BCUT2D eigenvalue weighted by Crippen LogP contribution is 2.24. The summed E-state index contributed by atoms with van der Waals surface area (Å²) in [6.07, 6.45) is 4.23. The van der Waals surface area contributed by atoms with Gasteiger partial charge in [0.1, 0.15) is 0 Å². The van der Waals surface area contributed by atoms with Gasteiger partial charge < -0.3 is 20.0 Å². The van der Waals surface area contributed by atoms with Crippen LogP contribution in [-0.2, 0) is 0 Å². The van der Waals surface area contributed by atoms with Crippen molar-refractivity contribution in [2.24, 2.45) is 0 Å². The second-order valence-electron chi connectivity index (χ2n) is 6.85. The third-order valence-electron chi connectivity index (χ3n) is 5.10. The van der Waals surface area contributed by atoms with Crippen LogP contribution in [-0.4, -0.2) is 60.4 Å². The van der Waals surface area contributed by atoms with Crippen LogP contribution in [0.4, 0.5) is 22.0 Å². The van der Waals surface area contributed by atoms with E-state index in [1.54, 1.807) is 18.3 Å². The number of carbonyl (C=O) groups excluding carboxylic acids is 1. The van der Waals surface area contributed by atoms with Crippen molar-refractivity contribution in [3.63, 3.8) is 0 Å². The minimum absolute atomic E-state index is 0.117. The fourth-order valence-corrected chi connectivity index (χ4v) is 3.73. The maximum atomic E-state index is 12.5. The lowest BCUT2D eigenvalue weighted by Gasteiger charge is -2.36. The van der Waals surface area contributed by atoms with Gasteiger partial charge in [0.15, 0.2) is 5.82 Å². The van der Waals surface area contributed by atoms with E-state index < -0.39 is 0 Å². The van der Waals surface area contributed by atoms with Gasteiger partial charge in [-0.15, -0.1) is 5.10 Å². The lowest BCUT2D eigenvalue weighted by atomic mass is 10.3. The Morgan fingerprint density at radius 1 is 1.00 bits per heavy atom. The summed E-state index contributed by atoms with van der Waals surface area (Å²) in [5.41, 5.74) is 1.71. The maximum Gasteiger partial charge on any atom is 0.322 e. The summed E-state index contributed by atoms with van der Waals surface area (Å²) in [5, 5.41) is 11.9. The van der Waals surface area contributed by atoms with Crippen molar-refractivity contribution in [1.29, 1.82) is 0 Å². The van der Waals surface area contributed by atoms with Crippen LogP contribution in [0.3, 0.4) is 0 Å². The van der Waals surface area contributed by atoms with Crippen LogP contribution in [0.5, 0.6) is 0 Å². The topological polar surface area (TPSA) is 64.6 Å². The molecule has 1 aromatic carbocycles. The molecule has 2 fully saturated rings. The predicted octanol–water partition coefficient (Wildman–Crippen LogP) is 3.08. The van der Waals surface area contributed by atoms with Gasteiger partial charge in [-0.3, -0.25) is 0 Å². The Kier molecular flexibility index (Phi) is 5.29. The molecule has 0 saturated carbocycles. The van der Waals surface area contributed by atoms with Crippen LogP contribution < -0.4 is 15.1 Å². The third-order valence-corrected chi connectivity index (χ3v) is 5.43. The number of carbonyl (C=O) groups is 1. The lowest BCUT2D eigenvalue weighted by molar-refractivity contribution is 0.208. The van der Waals surface area contributed by atoms with Gasteiger partial charge in [0.05, 0.1) is 22.6 Å². The van der Waals surface area contributed by atoms with E-state index >= 15 is 0 Å². The van der Waals surface area contributed by atoms with Gasteiger partial charge >= 0.3 is 6.03 Å². The molecule has 3 heterocycles. The standard InChI is InChI=1S/C19H23ClN6O/c20-16-5-1-2-6-17(16)22-19(27)26-11-9-24(10-12-26)15-13-18(23-21-14-15)25-7-3-4-8-25/h1-2,5-6,13-14H,3-4,7-12H2,(H,22,27). The van der Waals surface area contributed by atoms with Gasteiger partial charge in [-0.05, 0) is 25.0 Å². The molecule has 2 amide bonds. The zero-order valence-electron chi connectivity index (χ0n) is 15.1. The van der Waals surface area contributed by atoms with Crippen molar-refractivity contribution in [2.45, 2.75) is 12.8 Å². The largest absolute Gasteiger partial charge is 0.367 e. The Balaban J connectivity index is 1.35. The fraction of sp³-hybridized carbons (Fsp3) is 0.421. The molecule has 142 valence electrons. The first-order chi connectivity index (χ1) is 13.2. The van der Waals surface area contributed by atoms with E-state index in [0.717, 1.165) is 37.7 Å². The molecule has 1 N–H and O–H groups in total. The van der Waals surface area contributed by atoms with Gasteiger partial charge in [-0.25, -0.2) is 4.79 Å². The zero-order valence-corrected chi connectivity index (χ0v) is 15.9. The summed E-state index contributed by atoms with van der Waals surface area (Å²) in [4.78, 5) is 18.9. The number of nitrogens with one attached hydrogen (secondary N) is 1. The molecule has 0 aliphatic carbocycles. The first-order valence-electron chi connectivity index (χ1n) is 9.34. The van der Waals surface area contributed by atoms with Crippen LogP contribution in [0.25, 0.3) is 0 Å². The smallest absolute Gasteiger partial charge is 0.322 e. The number of aromatic nitrogens is 2. The monoisotopic (exact) mass is 386 g/mol. The molecule has 8 heteroatoms. The second-order valence-corrected chi connectivity index (χ2v) is 7.26. The molecular weight excluding hydrogens is 364 g/mol. The average Bonchev–Trinajstić information content (AvgIpc) is 3.25. The lowest BCUT2D eigenvalue weighted by Crippen LogP contribution is -2.50. The van der Waals surface area contributed by atoms with Crippen molar-refractivity contribution in [3.05, 3.63) is 41.6 Å². The molecule has 1 aromatic heterocycles. The molecule has 0 spiro atoms. The number of para-hydroxylation sites is 1.